The Morgan fingerprint density at radius 2 is 1.93 bits per heavy atom. The van der Waals surface area contributed by atoms with Crippen molar-refractivity contribution >= 4 is 16.8 Å². The van der Waals surface area contributed by atoms with Crippen molar-refractivity contribution in [2.24, 2.45) is 5.73 Å². The predicted molar refractivity (Wildman–Crippen MR) is 106 cm³/mol. The van der Waals surface area contributed by atoms with E-state index >= 15 is 0 Å². The molecule has 2 aromatic carbocycles. The van der Waals surface area contributed by atoms with Crippen molar-refractivity contribution in [3.05, 3.63) is 65.9 Å². The van der Waals surface area contributed by atoms with Crippen LogP contribution in [0.4, 0.5) is 8.78 Å². The molecule has 0 spiro atoms. The molecule has 0 radical (unpaired) electrons. The molecule has 1 amide bonds. The van der Waals surface area contributed by atoms with Crippen molar-refractivity contribution in [3.8, 4) is 5.75 Å². The van der Waals surface area contributed by atoms with E-state index in [1.165, 1.54) is 12.1 Å². The highest BCUT2D eigenvalue weighted by atomic mass is 19.1. The molecule has 2 N–H and O–H groups in total. The number of benzene rings is 2. The van der Waals surface area contributed by atoms with Crippen LogP contribution >= 0.6 is 0 Å². The van der Waals surface area contributed by atoms with Gasteiger partial charge in [0.1, 0.15) is 30.0 Å². The summed E-state index contributed by atoms with van der Waals surface area (Å²) in [4.78, 5) is 13.3. The van der Waals surface area contributed by atoms with Gasteiger partial charge in [0.15, 0.2) is 0 Å². The molecule has 1 aliphatic rings. The standard InChI is InChI=1S/C22H23F2N3O2/c23-16-4-5-19(24)15(12-16)13-26-9-6-17(7-10-26)29-21-3-1-2-20-18(21)8-11-27(20)14-22(25)28/h1-5,8,11-12,17H,6-7,9-10,13-14H2,(H2,25,28). The minimum Gasteiger partial charge on any atom is -0.490 e. The molecular weight excluding hydrogens is 376 g/mol. The third-order valence-electron chi connectivity index (χ3n) is 5.33. The number of likely N-dealkylation sites (tertiary alicyclic amines) is 1. The van der Waals surface area contributed by atoms with E-state index in [9.17, 15) is 13.6 Å². The molecule has 29 heavy (non-hydrogen) atoms. The Balaban J connectivity index is 1.39. The zero-order valence-corrected chi connectivity index (χ0v) is 16.0. The highest BCUT2D eigenvalue weighted by Crippen LogP contribution is 2.29. The number of rotatable bonds is 6. The summed E-state index contributed by atoms with van der Waals surface area (Å²) in [5, 5.41) is 0.943. The number of carbonyl (C=O) groups is 1. The fraction of sp³-hybridized carbons (Fsp3) is 0.318. The lowest BCUT2D eigenvalue weighted by Gasteiger charge is -2.32. The molecule has 1 aromatic heterocycles. The Labute approximate surface area is 167 Å². The molecule has 2 heterocycles. The van der Waals surface area contributed by atoms with Gasteiger partial charge >= 0.3 is 0 Å². The third-order valence-corrected chi connectivity index (χ3v) is 5.33. The van der Waals surface area contributed by atoms with Crippen molar-refractivity contribution in [2.45, 2.75) is 32.0 Å². The number of halogens is 2. The number of fused-ring (bicyclic) bond motifs is 1. The van der Waals surface area contributed by atoms with Gasteiger partial charge in [-0.2, -0.15) is 0 Å². The van der Waals surface area contributed by atoms with Crippen LogP contribution in [0, 0.1) is 11.6 Å². The molecule has 1 saturated heterocycles. The van der Waals surface area contributed by atoms with E-state index in [1.54, 1.807) is 4.57 Å². The van der Waals surface area contributed by atoms with Gasteiger partial charge < -0.3 is 15.0 Å². The average Bonchev–Trinajstić information content (AvgIpc) is 3.09. The van der Waals surface area contributed by atoms with Gasteiger partial charge in [0, 0.05) is 36.8 Å². The Morgan fingerprint density at radius 3 is 2.69 bits per heavy atom. The van der Waals surface area contributed by atoms with Crippen molar-refractivity contribution < 1.29 is 18.3 Å². The molecule has 152 valence electrons. The van der Waals surface area contributed by atoms with Crippen LogP contribution in [-0.4, -0.2) is 34.6 Å². The van der Waals surface area contributed by atoms with Crippen LogP contribution < -0.4 is 10.5 Å². The maximum absolute atomic E-state index is 13.9. The highest BCUT2D eigenvalue weighted by Gasteiger charge is 2.22. The lowest BCUT2D eigenvalue weighted by Crippen LogP contribution is -2.38. The molecule has 5 nitrogen and oxygen atoms in total. The number of amides is 1. The zero-order valence-electron chi connectivity index (χ0n) is 16.0. The van der Waals surface area contributed by atoms with Gasteiger partial charge in [-0.15, -0.1) is 0 Å². The monoisotopic (exact) mass is 399 g/mol. The first-order chi connectivity index (χ1) is 14.0. The molecule has 1 fully saturated rings. The van der Waals surface area contributed by atoms with E-state index in [4.69, 9.17) is 10.5 Å². The van der Waals surface area contributed by atoms with Crippen LogP contribution in [0.3, 0.4) is 0 Å². The number of piperidine rings is 1. The fourth-order valence-corrected chi connectivity index (χ4v) is 3.87. The van der Waals surface area contributed by atoms with E-state index < -0.39 is 11.7 Å². The topological polar surface area (TPSA) is 60.5 Å². The molecule has 0 bridgehead atoms. The molecule has 0 unspecified atom stereocenters. The highest BCUT2D eigenvalue weighted by molar-refractivity contribution is 5.87. The summed E-state index contributed by atoms with van der Waals surface area (Å²) >= 11 is 0. The van der Waals surface area contributed by atoms with E-state index in [0.29, 0.717) is 12.1 Å². The van der Waals surface area contributed by atoms with Crippen molar-refractivity contribution in [1.82, 2.24) is 9.47 Å². The summed E-state index contributed by atoms with van der Waals surface area (Å²) < 4.78 is 35.3. The first kappa shape index (κ1) is 19.4. The van der Waals surface area contributed by atoms with Gasteiger partial charge in [-0.3, -0.25) is 9.69 Å². The van der Waals surface area contributed by atoms with Crippen LogP contribution in [0.15, 0.2) is 48.7 Å². The predicted octanol–water partition coefficient (Wildman–Crippen LogP) is 3.45. The lowest BCUT2D eigenvalue weighted by molar-refractivity contribution is -0.118. The van der Waals surface area contributed by atoms with Crippen LogP contribution in [0.1, 0.15) is 18.4 Å². The third kappa shape index (κ3) is 4.40. The van der Waals surface area contributed by atoms with Gasteiger partial charge in [-0.25, -0.2) is 8.78 Å². The molecule has 4 rings (SSSR count). The van der Waals surface area contributed by atoms with Gasteiger partial charge in [-0.05, 0) is 49.2 Å². The number of hydrogen-bond donors (Lipinski definition) is 1. The molecular formula is C22H23F2N3O2. The molecule has 7 heteroatoms. The van der Waals surface area contributed by atoms with Crippen molar-refractivity contribution in [1.29, 1.82) is 0 Å². The van der Waals surface area contributed by atoms with E-state index in [1.807, 2.05) is 30.5 Å². The smallest absolute Gasteiger partial charge is 0.237 e. The average molecular weight is 399 g/mol. The molecule has 3 aromatic rings. The van der Waals surface area contributed by atoms with Gasteiger partial charge in [-0.1, -0.05) is 6.07 Å². The number of aromatic nitrogens is 1. The summed E-state index contributed by atoms with van der Waals surface area (Å²) in [6, 6.07) is 11.2. The quantitative estimate of drug-likeness (QED) is 0.691. The zero-order chi connectivity index (χ0) is 20.4. The van der Waals surface area contributed by atoms with Crippen LogP contribution in [0.5, 0.6) is 5.75 Å². The SMILES string of the molecule is NC(=O)Cn1ccc2c(OC3CCN(Cc4cc(F)ccc4F)CC3)cccc21. The maximum Gasteiger partial charge on any atom is 0.237 e. The van der Waals surface area contributed by atoms with E-state index in [2.05, 4.69) is 4.90 Å². The largest absolute Gasteiger partial charge is 0.490 e. The summed E-state index contributed by atoms with van der Waals surface area (Å²) in [6.07, 6.45) is 3.48. The first-order valence-corrected chi connectivity index (χ1v) is 9.68. The minimum absolute atomic E-state index is 0.0497. The number of carbonyl (C=O) groups excluding carboxylic acids is 1. The lowest BCUT2D eigenvalue weighted by atomic mass is 10.1. The normalized spacial score (nSPS) is 15.7. The second-order valence-corrected chi connectivity index (χ2v) is 7.43. The maximum atomic E-state index is 13.9. The number of primary amides is 1. The van der Waals surface area contributed by atoms with Gasteiger partial charge in [0.2, 0.25) is 5.91 Å². The number of nitrogens with two attached hydrogens (primary N) is 1. The Morgan fingerprint density at radius 1 is 1.14 bits per heavy atom. The summed E-state index contributed by atoms with van der Waals surface area (Å²) in [6.45, 7) is 2.02. The van der Waals surface area contributed by atoms with Crippen LogP contribution in [0.25, 0.3) is 10.9 Å². The Kier molecular flexibility index (Phi) is 5.49. The fourth-order valence-electron chi connectivity index (χ4n) is 3.87. The molecule has 0 saturated carbocycles. The second kappa shape index (κ2) is 8.21. The number of nitrogens with zero attached hydrogens (tertiary/aromatic N) is 2. The van der Waals surface area contributed by atoms with Gasteiger partial charge in [0.25, 0.3) is 0 Å². The second-order valence-electron chi connectivity index (χ2n) is 7.43. The Hall–Kier alpha value is -2.93. The summed E-state index contributed by atoms with van der Waals surface area (Å²) in [5.41, 5.74) is 6.59. The van der Waals surface area contributed by atoms with Crippen LogP contribution in [0.2, 0.25) is 0 Å². The van der Waals surface area contributed by atoms with E-state index in [0.717, 1.165) is 48.6 Å². The van der Waals surface area contributed by atoms with Crippen molar-refractivity contribution in [3.63, 3.8) is 0 Å². The number of hydrogen-bond acceptors (Lipinski definition) is 3. The van der Waals surface area contributed by atoms with E-state index in [-0.39, 0.29) is 18.5 Å². The molecule has 0 aliphatic carbocycles. The summed E-state index contributed by atoms with van der Waals surface area (Å²) in [7, 11) is 0. The molecule has 1 aliphatic heterocycles. The first-order valence-electron chi connectivity index (χ1n) is 9.68. The minimum atomic E-state index is -0.420. The van der Waals surface area contributed by atoms with Crippen molar-refractivity contribution in [2.75, 3.05) is 13.1 Å². The summed E-state index contributed by atoms with van der Waals surface area (Å²) in [5.74, 6) is -0.413. The Bertz CT molecular complexity index is 1030. The number of ether oxygens (including phenoxy) is 1. The van der Waals surface area contributed by atoms with Gasteiger partial charge in [0.05, 0.1) is 5.52 Å². The van der Waals surface area contributed by atoms with Crippen LogP contribution in [-0.2, 0) is 17.9 Å². The molecule has 0 atom stereocenters.